The molecule has 0 radical (unpaired) electrons. The van der Waals surface area contributed by atoms with Gasteiger partial charge in [0.1, 0.15) is 0 Å². The second-order valence-electron chi connectivity index (χ2n) is 8.84. The van der Waals surface area contributed by atoms with Crippen molar-refractivity contribution < 1.29 is 24.5 Å². The van der Waals surface area contributed by atoms with Crippen LogP contribution in [0.4, 0.5) is 0 Å². The number of aromatic hydroxyl groups is 2. The summed E-state index contributed by atoms with van der Waals surface area (Å²) in [6.45, 7) is 3.25. The number of amides is 1. The van der Waals surface area contributed by atoms with E-state index in [0.717, 1.165) is 61.2 Å². The number of ether oxygens (including phenoxy) is 2. The molecule has 4 rings (SSSR count). The van der Waals surface area contributed by atoms with Crippen LogP contribution in [0.25, 0.3) is 0 Å². The normalized spacial score (nSPS) is 17.4. The van der Waals surface area contributed by atoms with E-state index in [-0.39, 0.29) is 17.4 Å². The number of hydrogen-bond acceptors (Lipinski definition) is 6. The first-order valence-electron chi connectivity index (χ1n) is 11.1. The smallest absolute Gasteiger partial charge is 0.227 e. The second kappa shape index (κ2) is 9.28. The van der Waals surface area contributed by atoms with Crippen LogP contribution in [-0.4, -0.2) is 73.4 Å². The maximum atomic E-state index is 12.8. The van der Waals surface area contributed by atoms with Crippen molar-refractivity contribution in [3.63, 3.8) is 0 Å². The molecule has 1 unspecified atom stereocenters. The standard InChI is InChI=1S/C25H32N2O5/c1-26(15-19-9-18-10-21(28)22(29)14-20(18)19)6-4-7-27-8-5-16-11-23(31-2)24(32-3)12-17(16)13-25(27)30/h10-12,14,19,28-29H,4-9,13,15H2,1-3H3. The molecule has 1 heterocycles. The van der Waals surface area contributed by atoms with Gasteiger partial charge in [-0.2, -0.15) is 0 Å². The van der Waals surface area contributed by atoms with E-state index in [1.807, 2.05) is 17.0 Å². The van der Waals surface area contributed by atoms with Crippen molar-refractivity contribution in [1.29, 1.82) is 0 Å². The molecule has 2 aromatic rings. The minimum absolute atomic E-state index is 0.0447. The Bertz CT molecular complexity index is 1010. The molecule has 2 aliphatic rings. The van der Waals surface area contributed by atoms with Gasteiger partial charge in [-0.15, -0.1) is 0 Å². The summed E-state index contributed by atoms with van der Waals surface area (Å²) in [7, 11) is 5.33. The summed E-state index contributed by atoms with van der Waals surface area (Å²) in [5, 5.41) is 19.4. The molecular formula is C25H32N2O5. The minimum Gasteiger partial charge on any atom is -0.504 e. The van der Waals surface area contributed by atoms with Crippen LogP contribution in [0.2, 0.25) is 0 Å². The molecule has 2 N–H and O–H groups in total. The van der Waals surface area contributed by atoms with Crippen molar-refractivity contribution in [3.8, 4) is 23.0 Å². The quantitative estimate of drug-likeness (QED) is 0.615. The number of likely N-dealkylation sites (N-methyl/N-ethyl adjacent to an activating group) is 1. The van der Waals surface area contributed by atoms with Crippen molar-refractivity contribution in [2.24, 2.45) is 0 Å². The first kappa shape index (κ1) is 22.3. The number of carbonyl (C=O) groups excluding carboxylic acids is 1. The van der Waals surface area contributed by atoms with Crippen LogP contribution in [0.5, 0.6) is 23.0 Å². The number of phenolic OH excluding ortho intramolecular Hbond substituents is 2. The Balaban J connectivity index is 1.28. The topological polar surface area (TPSA) is 82.5 Å². The number of rotatable bonds is 8. The largest absolute Gasteiger partial charge is 0.504 e. The summed E-state index contributed by atoms with van der Waals surface area (Å²) in [6.07, 6.45) is 3.03. The van der Waals surface area contributed by atoms with Gasteiger partial charge in [-0.25, -0.2) is 0 Å². The fraction of sp³-hybridized carbons (Fsp3) is 0.480. The molecule has 172 valence electrons. The third-order valence-electron chi connectivity index (χ3n) is 6.69. The molecule has 0 saturated heterocycles. The summed E-state index contributed by atoms with van der Waals surface area (Å²) in [6, 6.07) is 7.27. The summed E-state index contributed by atoms with van der Waals surface area (Å²) < 4.78 is 10.8. The van der Waals surface area contributed by atoms with E-state index in [2.05, 4.69) is 11.9 Å². The number of carbonyl (C=O) groups is 1. The highest BCUT2D eigenvalue weighted by Gasteiger charge is 2.29. The van der Waals surface area contributed by atoms with Crippen molar-refractivity contribution in [2.45, 2.75) is 31.6 Å². The predicted molar refractivity (Wildman–Crippen MR) is 122 cm³/mol. The van der Waals surface area contributed by atoms with Crippen molar-refractivity contribution >= 4 is 5.91 Å². The Morgan fingerprint density at radius 3 is 2.44 bits per heavy atom. The van der Waals surface area contributed by atoms with Crippen molar-refractivity contribution in [3.05, 3.63) is 46.5 Å². The van der Waals surface area contributed by atoms with Crippen molar-refractivity contribution in [2.75, 3.05) is 47.4 Å². The summed E-state index contributed by atoms with van der Waals surface area (Å²) in [4.78, 5) is 17.1. The Morgan fingerprint density at radius 1 is 1.03 bits per heavy atom. The van der Waals surface area contributed by atoms with Gasteiger partial charge in [0.2, 0.25) is 5.91 Å². The van der Waals surface area contributed by atoms with Gasteiger partial charge in [0.05, 0.1) is 20.6 Å². The lowest BCUT2D eigenvalue weighted by Crippen LogP contribution is -2.36. The lowest BCUT2D eigenvalue weighted by Gasteiger charge is -2.34. The van der Waals surface area contributed by atoms with Gasteiger partial charge < -0.3 is 29.5 Å². The van der Waals surface area contributed by atoms with Crippen molar-refractivity contribution in [1.82, 2.24) is 9.80 Å². The molecule has 32 heavy (non-hydrogen) atoms. The third-order valence-corrected chi connectivity index (χ3v) is 6.69. The zero-order valence-corrected chi connectivity index (χ0v) is 19.1. The molecule has 0 saturated carbocycles. The fourth-order valence-corrected chi connectivity index (χ4v) is 4.85. The first-order valence-corrected chi connectivity index (χ1v) is 11.1. The van der Waals surface area contributed by atoms with E-state index >= 15 is 0 Å². The Morgan fingerprint density at radius 2 is 1.72 bits per heavy atom. The molecule has 2 aromatic carbocycles. The molecule has 1 aliphatic heterocycles. The van der Waals surface area contributed by atoms with Gasteiger partial charge >= 0.3 is 0 Å². The van der Waals surface area contributed by atoms with Crippen LogP contribution < -0.4 is 9.47 Å². The average molecular weight is 441 g/mol. The molecule has 0 spiro atoms. The first-order chi connectivity index (χ1) is 15.4. The predicted octanol–water partition coefficient (Wildman–Crippen LogP) is 2.70. The molecule has 7 nitrogen and oxygen atoms in total. The molecular weight excluding hydrogens is 408 g/mol. The highest BCUT2D eigenvalue weighted by molar-refractivity contribution is 5.80. The maximum absolute atomic E-state index is 12.8. The molecule has 1 amide bonds. The molecule has 0 fully saturated rings. The molecule has 0 aromatic heterocycles. The summed E-state index contributed by atoms with van der Waals surface area (Å²) in [5.41, 5.74) is 4.40. The van der Waals surface area contributed by atoms with Gasteiger partial charge in [-0.1, -0.05) is 0 Å². The zero-order chi connectivity index (χ0) is 22.8. The third kappa shape index (κ3) is 4.48. The van der Waals surface area contributed by atoms with Crippen LogP contribution in [-0.2, 0) is 24.1 Å². The summed E-state index contributed by atoms with van der Waals surface area (Å²) in [5.74, 6) is 1.80. The fourth-order valence-electron chi connectivity index (χ4n) is 4.85. The van der Waals surface area contributed by atoms with E-state index in [0.29, 0.717) is 30.4 Å². The number of hydrogen-bond donors (Lipinski definition) is 2. The molecule has 1 aliphatic carbocycles. The van der Waals surface area contributed by atoms with Crippen LogP contribution in [0.15, 0.2) is 24.3 Å². The maximum Gasteiger partial charge on any atom is 0.227 e. The Kier molecular flexibility index (Phi) is 6.46. The average Bonchev–Trinajstić information content (AvgIpc) is 2.92. The van der Waals surface area contributed by atoms with Gasteiger partial charge in [0.15, 0.2) is 23.0 Å². The number of phenols is 2. The number of nitrogens with zero attached hydrogens (tertiary/aromatic N) is 2. The number of methoxy groups -OCH3 is 2. The Labute approximate surface area is 189 Å². The van der Waals surface area contributed by atoms with Crippen LogP contribution in [0.1, 0.15) is 34.6 Å². The number of benzene rings is 2. The van der Waals surface area contributed by atoms with Crippen LogP contribution in [0, 0.1) is 0 Å². The highest BCUT2D eigenvalue weighted by Crippen LogP contribution is 2.41. The summed E-state index contributed by atoms with van der Waals surface area (Å²) >= 11 is 0. The highest BCUT2D eigenvalue weighted by atomic mass is 16.5. The van der Waals surface area contributed by atoms with E-state index in [4.69, 9.17) is 9.47 Å². The SMILES string of the molecule is COc1cc2c(cc1OC)CC(=O)N(CCCN(C)CC1Cc3cc(O)c(O)cc31)CC2. The lowest BCUT2D eigenvalue weighted by atomic mass is 9.77. The van der Waals surface area contributed by atoms with Gasteiger partial charge in [-0.3, -0.25) is 4.79 Å². The molecule has 0 bridgehead atoms. The van der Waals surface area contributed by atoms with Gasteiger partial charge in [0.25, 0.3) is 0 Å². The van der Waals surface area contributed by atoms with E-state index in [1.54, 1.807) is 26.4 Å². The van der Waals surface area contributed by atoms with E-state index in [1.165, 1.54) is 0 Å². The lowest BCUT2D eigenvalue weighted by molar-refractivity contribution is -0.130. The van der Waals surface area contributed by atoms with E-state index < -0.39 is 0 Å². The monoisotopic (exact) mass is 440 g/mol. The van der Waals surface area contributed by atoms with E-state index in [9.17, 15) is 15.0 Å². The minimum atomic E-state index is -0.0491. The second-order valence-corrected chi connectivity index (χ2v) is 8.84. The molecule has 1 atom stereocenters. The van der Waals surface area contributed by atoms with Gasteiger partial charge in [0, 0.05) is 25.6 Å². The Hall–Kier alpha value is -2.93. The van der Waals surface area contributed by atoms with Crippen LogP contribution in [0.3, 0.4) is 0 Å². The zero-order valence-electron chi connectivity index (χ0n) is 19.1. The van der Waals surface area contributed by atoms with Gasteiger partial charge in [-0.05, 0) is 79.4 Å². The number of fused-ring (bicyclic) bond motifs is 2. The molecule has 7 heteroatoms. The van der Waals surface area contributed by atoms with Crippen LogP contribution >= 0.6 is 0 Å².